The van der Waals surface area contributed by atoms with Crippen molar-refractivity contribution in [2.45, 2.75) is 52.1 Å². The highest BCUT2D eigenvalue weighted by Gasteiger charge is 2.15. The number of nitrogens with zero attached hydrogens (tertiary/aromatic N) is 1. The second kappa shape index (κ2) is 6.38. The molecular formula is C14H21NO2. The minimum atomic E-state index is -0.373. The summed E-state index contributed by atoms with van der Waals surface area (Å²) in [4.78, 5) is 15.4. The summed E-state index contributed by atoms with van der Waals surface area (Å²) in [5.41, 5.74) is 0.895. The van der Waals surface area contributed by atoms with Gasteiger partial charge in [0.05, 0.1) is 0 Å². The van der Waals surface area contributed by atoms with E-state index in [9.17, 15) is 4.79 Å². The lowest BCUT2D eigenvalue weighted by Gasteiger charge is -2.19. The molecule has 0 N–H and O–H groups in total. The van der Waals surface area contributed by atoms with E-state index >= 15 is 0 Å². The van der Waals surface area contributed by atoms with Gasteiger partial charge in [-0.15, -0.1) is 0 Å². The summed E-state index contributed by atoms with van der Waals surface area (Å²) < 4.78 is 5.24. The van der Waals surface area contributed by atoms with E-state index in [1.807, 2.05) is 32.9 Å². The van der Waals surface area contributed by atoms with Gasteiger partial charge >= 0.3 is 5.97 Å². The van der Waals surface area contributed by atoms with Gasteiger partial charge in [0.15, 0.2) is 0 Å². The first-order valence-corrected chi connectivity index (χ1v) is 6.08. The highest BCUT2D eigenvalue weighted by Crippen LogP contribution is 2.11. The van der Waals surface area contributed by atoms with E-state index in [0.29, 0.717) is 6.42 Å². The first-order valence-electron chi connectivity index (χ1n) is 6.08. The molecule has 3 heteroatoms. The Balaban J connectivity index is 2.14. The van der Waals surface area contributed by atoms with Crippen LogP contribution in [-0.4, -0.2) is 16.6 Å². The molecule has 0 saturated heterocycles. The molecule has 17 heavy (non-hydrogen) atoms. The lowest BCUT2D eigenvalue weighted by Crippen LogP contribution is -2.23. The van der Waals surface area contributed by atoms with Crippen LogP contribution in [0.5, 0.6) is 0 Å². The fourth-order valence-corrected chi connectivity index (χ4v) is 1.54. The molecule has 0 radical (unpaired) electrons. The molecule has 0 bridgehead atoms. The van der Waals surface area contributed by atoms with E-state index in [-0.39, 0.29) is 11.6 Å². The molecule has 0 fully saturated rings. The van der Waals surface area contributed by atoms with Gasteiger partial charge in [0.1, 0.15) is 5.60 Å². The fraction of sp³-hybridized carbons (Fsp3) is 0.571. The molecule has 3 nitrogen and oxygen atoms in total. The van der Waals surface area contributed by atoms with Crippen LogP contribution >= 0.6 is 0 Å². The molecule has 0 aromatic carbocycles. The molecule has 0 spiro atoms. The van der Waals surface area contributed by atoms with Crippen LogP contribution in [0, 0.1) is 0 Å². The van der Waals surface area contributed by atoms with E-state index in [1.54, 1.807) is 12.4 Å². The predicted octanol–water partition coefficient (Wildman–Crippen LogP) is 3.14. The number of pyridine rings is 1. The molecule has 0 aliphatic heterocycles. The van der Waals surface area contributed by atoms with Gasteiger partial charge < -0.3 is 4.74 Å². The van der Waals surface area contributed by atoms with E-state index in [4.69, 9.17) is 4.74 Å². The molecule has 0 aliphatic carbocycles. The molecule has 0 atom stereocenters. The second-order valence-electron chi connectivity index (χ2n) is 5.15. The molecule has 1 heterocycles. The maximum atomic E-state index is 11.4. The van der Waals surface area contributed by atoms with Crippen LogP contribution in [0.3, 0.4) is 0 Å². The second-order valence-corrected chi connectivity index (χ2v) is 5.15. The summed E-state index contributed by atoms with van der Waals surface area (Å²) in [7, 11) is 0. The average molecular weight is 235 g/mol. The minimum Gasteiger partial charge on any atom is -0.460 e. The summed E-state index contributed by atoms with van der Waals surface area (Å²) in [6.07, 6.45) is 6.96. The Labute approximate surface area is 103 Å². The summed E-state index contributed by atoms with van der Waals surface area (Å²) in [6, 6.07) is 4.01. The Kier molecular flexibility index (Phi) is 5.13. The minimum absolute atomic E-state index is 0.104. The number of hydrogen-bond acceptors (Lipinski definition) is 3. The maximum absolute atomic E-state index is 11.4. The first kappa shape index (κ1) is 13.7. The zero-order valence-corrected chi connectivity index (χ0v) is 10.9. The molecule has 1 rings (SSSR count). The maximum Gasteiger partial charge on any atom is 0.306 e. The average Bonchev–Trinajstić information content (AvgIpc) is 2.23. The molecule has 1 aromatic heterocycles. The Hall–Kier alpha value is -1.38. The quantitative estimate of drug-likeness (QED) is 0.581. The molecule has 0 amide bonds. The number of carbonyl (C=O) groups is 1. The Morgan fingerprint density at radius 1 is 1.24 bits per heavy atom. The van der Waals surface area contributed by atoms with E-state index in [1.165, 1.54) is 5.56 Å². The third kappa shape index (κ3) is 6.72. The number of hydrogen-bond donors (Lipinski definition) is 0. The molecule has 0 unspecified atom stereocenters. The Bertz CT molecular complexity index is 341. The van der Waals surface area contributed by atoms with Crippen molar-refractivity contribution in [3.05, 3.63) is 30.1 Å². The van der Waals surface area contributed by atoms with Gasteiger partial charge in [-0.05, 0) is 57.7 Å². The summed E-state index contributed by atoms with van der Waals surface area (Å²) >= 11 is 0. The third-order valence-corrected chi connectivity index (χ3v) is 2.27. The number of aryl methyl sites for hydroxylation is 1. The van der Waals surface area contributed by atoms with Crippen molar-refractivity contribution in [1.29, 1.82) is 0 Å². The van der Waals surface area contributed by atoms with Crippen LogP contribution in [0.1, 0.15) is 45.6 Å². The zero-order valence-electron chi connectivity index (χ0n) is 10.9. The number of carbonyl (C=O) groups excluding carboxylic acids is 1. The molecule has 0 saturated carbocycles. The van der Waals surface area contributed by atoms with Crippen LogP contribution in [0.4, 0.5) is 0 Å². The van der Waals surface area contributed by atoms with Crippen LogP contribution in [-0.2, 0) is 16.0 Å². The number of ether oxygens (including phenoxy) is 1. The van der Waals surface area contributed by atoms with Crippen LogP contribution in [0.15, 0.2) is 24.5 Å². The normalized spacial score (nSPS) is 11.2. The number of aromatic nitrogens is 1. The Morgan fingerprint density at radius 2 is 1.88 bits per heavy atom. The van der Waals surface area contributed by atoms with Crippen molar-refractivity contribution in [3.63, 3.8) is 0 Å². The summed E-state index contributed by atoms with van der Waals surface area (Å²) in [6.45, 7) is 5.67. The van der Waals surface area contributed by atoms with Gasteiger partial charge in [-0.3, -0.25) is 9.78 Å². The highest BCUT2D eigenvalue weighted by atomic mass is 16.6. The number of esters is 1. The van der Waals surface area contributed by atoms with Crippen LogP contribution in [0.2, 0.25) is 0 Å². The first-order chi connectivity index (χ1) is 7.97. The standard InChI is InChI=1S/C14H21NO2/c1-14(2,3)17-13(16)7-5-4-6-12-8-10-15-11-9-12/h8-11H,4-7H2,1-3H3. The topological polar surface area (TPSA) is 39.2 Å². The zero-order chi connectivity index (χ0) is 12.7. The van der Waals surface area contributed by atoms with Crippen molar-refractivity contribution in [2.75, 3.05) is 0 Å². The SMILES string of the molecule is CC(C)(C)OC(=O)CCCCc1ccncc1. The molecule has 94 valence electrons. The largest absolute Gasteiger partial charge is 0.460 e. The smallest absolute Gasteiger partial charge is 0.306 e. The van der Waals surface area contributed by atoms with Gasteiger partial charge in [0.2, 0.25) is 0 Å². The lowest BCUT2D eigenvalue weighted by atomic mass is 10.1. The van der Waals surface area contributed by atoms with Gasteiger partial charge in [-0.1, -0.05) is 0 Å². The van der Waals surface area contributed by atoms with Crippen molar-refractivity contribution >= 4 is 5.97 Å². The lowest BCUT2D eigenvalue weighted by molar-refractivity contribution is -0.154. The van der Waals surface area contributed by atoms with Crippen molar-refractivity contribution in [3.8, 4) is 0 Å². The summed E-state index contributed by atoms with van der Waals surface area (Å²) in [5.74, 6) is -0.104. The predicted molar refractivity (Wildman–Crippen MR) is 67.6 cm³/mol. The monoisotopic (exact) mass is 235 g/mol. The van der Waals surface area contributed by atoms with E-state index in [2.05, 4.69) is 4.98 Å². The van der Waals surface area contributed by atoms with Crippen molar-refractivity contribution in [2.24, 2.45) is 0 Å². The van der Waals surface area contributed by atoms with Crippen molar-refractivity contribution < 1.29 is 9.53 Å². The molecule has 1 aromatic rings. The number of rotatable bonds is 5. The number of unbranched alkanes of at least 4 members (excludes halogenated alkanes) is 1. The van der Waals surface area contributed by atoms with Crippen LogP contribution < -0.4 is 0 Å². The van der Waals surface area contributed by atoms with Crippen molar-refractivity contribution in [1.82, 2.24) is 4.98 Å². The Morgan fingerprint density at radius 3 is 2.47 bits per heavy atom. The van der Waals surface area contributed by atoms with E-state index < -0.39 is 0 Å². The summed E-state index contributed by atoms with van der Waals surface area (Å²) in [5, 5.41) is 0. The molecular weight excluding hydrogens is 214 g/mol. The highest BCUT2D eigenvalue weighted by molar-refractivity contribution is 5.69. The molecule has 0 aliphatic rings. The van der Waals surface area contributed by atoms with Gasteiger partial charge in [-0.25, -0.2) is 0 Å². The van der Waals surface area contributed by atoms with E-state index in [0.717, 1.165) is 19.3 Å². The van der Waals surface area contributed by atoms with Gasteiger partial charge in [0, 0.05) is 18.8 Å². The van der Waals surface area contributed by atoms with Gasteiger partial charge in [0.25, 0.3) is 0 Å². The third-order valence-electron chi connectivity index (χ3n) is 2.27. The van der Waals surface area contributed by atoms with Crippen LogP contribution in [0.25, 0.3) is 0 Å². The van der Waals surface area contributed by atoms with Gasteiger partial charge in [-0.2, -0.15) is 0 Å². The fourth-order valence-electron chi connectivity index (χ4n) is 1.54.